The maximum absolute atomic E-state index is 15.1. The number of carboxylic acids is 1. The van der Waals surface area contributed by atoms with Crippen molar-refractivity contribution in [3.8, 4) is 57.1 Å². The number of carbonyl (C=O) groups excluding carboxylic acids is 11. The molecule has 10 heterocycles. The number of aliphatic hydroxyl groups is 6. The molecule has 8 aliphatic heterocycles. The molecular formula is C94H110Cl3N13O28S2. The summed E-state index contributed by atoms with van der Waals surface area (Å²) in [6.07, 6.45) is -14.8. The number of aromatic hydroxyl groups is 3. The number of benzene rings is 5. The summed E-state index contributed by atoms with van der Waals surface area (Å²) >= 11 is 22.5. The van der Waals surface area contributed by atoms with E-state index in [0.29, 0.717) is 28.9 Å². The van der Waals surface area contributed by atoms with Crippen LogP contribution in [0.4, 0.5) is 5.13 Å². The lowest BCUT2D eigenvalue weighted by molar-refractivity contribution is -0.689. The van der Waals surface area contributed by atoms with Gasteiger partial charge in [0.15, 0.2) is 71.0 Å². The first-order valence-corrected chi connectivity index (χ1v) is 47.6. The van der Waals surface area contributed by atoms with E-state index >= 15 is 4.79 Å². The van der Waals surface area contributed by atoms with Crippen LogP contribution in [0.1, 0.15) is 144 Å². The summed E-state index contributed by atoms with van der Waals surface area (Å²) in [5.41, 5.74) is 18.1. The van der Waals surface area contributed by atoms with Crippen LogP contribution in [-0.4, -0.2) is 244 Å². The van der Waals surface area contributed by atoms with Crippen LogP contribution in [0.3, 0.4) is 0 Å². The van der Waals surface area contributed by atoms with Gasteiger partial charge >= 0.3 is 0 Å². The second-order valence-electron chi connectivity index (χ2n) is 35.5. The maximum Gasteiger partial charge on any atom is 0.245 e. The van der Waals surface area contributed by atoms with E-state index in [-0.39, 0.29) is 132 Å². The van der Waals surface area contributed by atoms with Crippen LogP contribution < -0.4 is 73.0 Å². The normalized spacial score (nSPS) is 25.9. The number of carboxylic acid groups (broad SMARTS) is 1. The third kappa shape index (κ3) is 24.9. The number of Topliss-reactive ketones (excluding diaryl/α,β-unsaturated/α-hetero) is 3. The maximum atomic E-state index is 15.1. The van der Waals surface area contributed by atoms with Gasteiger partial charge in [0, 0.05) is 104 Å². The van der Waals surface area contributed by atoms with Crippen molar-refractivity contribution in [3.05, 3.63) is 169 Å². The molecule has 0 aliphatic carbocycles. The van der Waals surface area contributed by atoms with Crippen molar-refractivity contribution in [3.63, 3.8) is 0 Å². The number of phenolic OH excluding ortho intramolecular Hbond substituents is 3. The van der Waals surface area contributed by atoms with Gasteiger partial charge in [-0.25, -0.2) is 9.55 Å². The average Bonchev–Trinajstić information content (AvgIpc) is 0.777. The molecule has 0 saturated carbocycles. The highest BCUT2D eigenvalue weighted by molar-refractivity contribution is 8.00. The van der Waals surface area contributed by atoms with Crippen LogP contribution in [0, 0.1) is 30.6 Å². The van der Waals surface area contributed by atoms with Crippen LogP contribution in [0.2, 0.25) is 14.4 Å². The van der Waals surface area contributed by atoms with Gasteiger partial charge in [0.05, 0.1) is 69.7 Å². The minimum atomic E-state index is -1.93. The minimum absolute atomic E-state index is 0.00924. The number of anilines is 1. The molecule has 2 aromatic heterocycles. The molecule has 5 aromatic carbocycles. The number of rotatable bonds is 28. The predicted molar refractivity (Wildman–Crippen MR) is 504 cm³/mol. The number of thioether (sulfide) groups is 1. The number of nitrogens with zero attached hydrogens (tertiary/aromatic N) is 4. The monoisotopic (exact) mass is 2040 g/mol. The summed E-state index contributed by atoms with van der Waals surface area (Å²) in [4.78, 5) is 162. The van der Waals surface area contributed by atoms with Gasteiger partial charge in [0.25, 0.3) is 0 Å². The van der Waals surface area contributed by atoms with E-state index in [9.17, 15) is 99.0 Å². The number of aryl methyl sites for hydroxylation is 1. The van der Waals surface area contributed by atoms with Gasteiger partial charge in [0.2, 0.25) is 53.4 Å². The van der Waals surface area contributed by atoms with Gasteiger partial charge in [-0.15, -0.1) is 11.8 Å². The molecule has 7 bridgehead atoms. The number of hydrogen-bond acceptors (Lipinski definition) is 35. The Morgan fingerprint density at radius 1 is 0.793 bits per heavy atom. The number of aliphatic hydroxyl groups excluding tert-OH is 6. The van der Waals surface area contributed by atoms with E-state index in [0.717, 1.165) is 23.0 Å². The van der Waals surface area contributed by atoms with Crippen LogP contribution >= 0.6 is 57.9 Å². The van der Waals surface area contributed by atoms with Gasteiger partial charge < -0.3 is 138 Å². The second-order valence-corrected chi connectivity index (χ2v) is 39.0. The standard InChI is InChI=1S/C56H73Cl2N7O19.C38H37ClN6O9S2/c1-22(2)12-31(61-6)53(77)64-42-33(68)16-28(19-39(59)69)52(76)63-41-27-17-36(80-34-10-8-25(44(42)70)14-29(34)57)48(84-55-49(47(73)46(72)38(21-66)82-55)83-40-20-56(5,60)50(74)24(4)79-40)37(18-27)81-35-11-9-26(15-30(35)58)45(71)43(54(78)62-7)65-51(75)23(3)13-32(41)67;1-19-7-8-26(47)24(13-19)29-23(14-22(46)15-27(29)48)20(2)34(50)41-9-6-12-54-43-30(31-33(39)56-38(40)42-31)28(49)16-25-35(51)45-32(37(52)53)21(18-55-36(25)45)17-44-10-4-3-5-11-44/h8-11,14-15,17-18,22-24,28,31,38,40-47,49-50,55,61,66,70-74H,12-13,16,19-21,60H2,1-7H3,(H2,59,69)(H,62,78)(H,63,76)(H,64,77)(H,65,75);3-5,7-8,10-11,13-15,20,25,36H,6,9,12,16-18H2,1-2H3,(H6-,40,41,42,43,46,47,48,49,50,52,53)/t23-,24-,28-,31+,38+,40-,41+,42?,43-,44+,45+,46+,47-,49+,50+,55-,56-;20-,25+,36+/m00/s1. The van der Waals surface area contributed by atoms with Crippen molar-refractivity contribution in [2.75, 3.05) is 45.3 Å². The fraction of sp³-hybridized carbons (Fsp3) is 0.447. The smallest absolute Gasteiger partial charge is 0.245 e. The van der Waals surface area contributed by atoms with Crippen molar-refractivity contribution < 1.29 is 142 Å². The fourth-order valence-electron chi connectivity index (χ4n) is 17.0. The Labute approximate surface area is 825 Å². The number of thiazole rings is 1. The molecule has 21 N–H and O–H groups in total. The van der Waals surface area contributed by atoms with Gasteiger partial charge in [-0.2, -0.15) is 0 Å². The molecule has 7 aromatic rings. The lowest BCUT2D eigenvalue weighted by Gasteiger charge is -2.50. The SMILES string of the molecule is CNC(=O)[C@H]1NC(=O)[C@@H](C)CC(=O)[C@@H]2NC(=O)[C@H](CC(N)=O)CC(=O)C(NC(=O)[C@@H](CC(C)C)NC)[C@H](O)c3ccc(c(Cl)c3)Oc3cc2cc(c3O[C@@H]2O[C@H](CO)[C@@H](O)[C@H](O)[C@H]2O[C@H]2C[C@](C)(N)[C@H](O)[C@H](C)O2)Oc2ccc(cc2Cl)[C@H]1O.Cc1ccc(O)c(-c2c(O)cc(O)cc2[C@H](C)C(=O)NCCCO/N=C(\C(=O)C[C@@H]2C(=O)N3C(C(=O)[O-])=C(C[n+]4ccccc4)CS[C@H]23)c2nc(N)sc2Cl)c1. The molecule has 0 radical (unpaired) electrons. The summed E-state index contributed by atoms with van der Waals surface area (Å²) in [6.45, 7) is 11.0. The molecule has 0 spiro atoms. The number of ether oxygens (including phenoxy) is 6. The summed E-state index contributed by atoms with van der Waals surface area (Å²) in [5.74, 6) is -16.5. The van der Waals surface area contributed by atoms with Crippen molar-refractivity contribution in [2.24, 2.45) is 40.3 Å². The number of pyridine rings is 1. The number of aliphatic carboxylic acids is 1. The summed E-state index contributed by atoms with van der Waals surface area (Å²) < 4.78 is 40.0. The zero-order valence-electron chi connectivity index (χ0n) is 77.2. The average molecular weight is 2040 g/mol. The van der Waals surface area contributed by atoms with Crippen LogP contribution in [0.15, 0.2) is 126 Å². The fourth-order valence-corrected chi connectivity index (χ4v) is 19.7. The summed E-state index contributed by atoms with van der Waals surface area (Å²) in [6, 6.07) is 16.5. The molecule has 8 aliphatic rings. The molecule has 20 atom stereocenters. The summed E-state index contributed by atoms with van der Waals surface area (Å²) in [5, 5.41) is 131. The zero-order valence-corrected chi connectivity index (χ0v) is 81.1. The Morgan fingerprint density at radius 3 is 2.06 bits per heavy atom. The van der Waals surface area contributed by atoms with E-state index in [1.807, 2.05) is 39.0 Å². The van der Waals surface area contributed by atoms with E-state index in [1.165, 1.54) is 105 Å². The molecule has 3 fully saturated rings. The molecule has 15 rings (SSSR count). The van der Waals surface area contributed by atoms with Crippen LogP contribution in [0.5, 0.6) is 46.0 Å². The first-order valence-electron chi connectivity index (χ1n) is 44.6. The first-order chi connectivity index (χ1) is 66.3. The zero-order chi connectivity index (χ0) is 102. The number of nitrogens with one attached hydrogen (secondary N) is 6. The third-order valence-corrected chi connectivity index (χ3v) is 27.5. The molecule has 41 nitrogen and oxygen atoms in total. The highest BCUT2D eigenvalue weighted by atomic mass is 35.5. The number of phenols is 3. The molecule has 140 heavy (non-hydrogen) atoms. The number of β-lactam (4-membered cyclic amide) rings is 1. The van der Waals surface area contributed by atoms with E-state index < -0.39 is 228 Å². The Bertz CT molecular complexity index is 5920. The number of carbonyl (C=O) groups is 11. The quantitative estimate of drug-likeness (QED) is 0.0109. The number of oxime groups is 1. The van der Waals surface area contributed by atoms with E-state index in [1.54, 1.807) is 42.9 Å². The highest BCUT2D eigenvalue weighted by Crippen LogP contribution is 2.51. The predicted octanol–water partition coefficient (Wildman–Crippen LogP) is 3.63. The van der Waals surface area contributed by atoms with Crippen molar-refractivity contribution in [1.82, 2.24) is 41.8 Å². The number of nitrogen functional groups attached to an aromatic ring is 1. The van der Waals surface area contributed by atoms with Gasteiger partial charge in [-0.1, -0.05) is 102 Å². The summed E-state index contributed by atoms with van der Waals surface area (Å²) in [7, 11) is 2.79. The Kier molecular flexibility index (Phi) is 35.4. The number of primary amides is 1. The van der Waals surface area contributed by atoms with Gasteiger partial charge in [0.1, 0.15) is 94.0 Å². The van der Waals surface area contributed by atoms with Crippen molar-refractivity contribution in [1.29, 1.82) is 0 Å². The molecule has 3 saturated heterocycles. The Balaban J connectivity index is 0.000000271. The van der Waals surface area contributed by atoms with Crippen molar-refractivity contribution in [2.45, 2.75) is 202 Å². The number of fused-ring (bicyclic) bond motifs is 17. The molecule has 7 amide bonds. The van der Waals surface area contributed by atoms with E-state index in [4.69, 9.17) is 85.3 Å². The number of hydrogen-bond donors (Lipinski definition) is 18. The Hall–Kier alpha value is -11.8. The number of amides is 7. The van der Waals surface area contributed by atoms with Gasteiger partial charge in [-0.05, 0) is 124 Å². The molecule has 1 unspecified atom stereocenters. The molecule has 752 valence electrons. The topological polar surface area (TPSA) is 640 Å². The largest absolute Gasteiger partial charge is 0.543 e. The number of aromatic nitrogens is 2. The number of likely N-dealkylation sites (N-methyl/N-ethyl adjacent to an activating group) is 2. The lowest BCUT2D eigenvalue weighted by atomic mass is 9.86. The third-order valence-electron chi connectivity index (χ3n) is 24.5. The molecular weight excluding hydrogens is 1930 g/mol. The number of ketones is 3. The number of halogens is 3. The molecule has 46 heteroatoms. The van der Waals surface area contributed by atoms with E-state index in [2.05, 4.69) is 42.0 Å². The number of nitrogens with two attached hydrogens (primary N) is 3. The van der Waals surface area contributed by atoms with Gasteiger partial charge in [-0.3, -0.25) is 52.8 Å². The second kappa shape index (κ2) is 46.3. The van der Waals surface area contributed by atoms with Crippen molar-refractivity contribution >= 4 is 133 Å². The highest BCUT2D eigenvalue weighted by Gasteiger charge is 2.55. The van der Waals surface area contributed by atoms with Crippen LogP contribution in [-0.2, 0) is 78.3 Å². The lowest BCUT2D eigenvalue weighted by Crippen LogP contribution is -2.64. The Morgan fingerprint density at radius 2 is 1.46 bits per heavy atom. The first kappa shape index (κ1) is 107. The van der Waals surface area contributed by atoms with Crippen LogP contribution in [0.25, 0.3) is 11.1 Å². The minimum Gasteiger partial charge on any atom is -0.543 e.